The fraction of sp³-hybridized carbons (Fsp3) is 0.538. The van der Waals surface area contributed by atoms with Gasteiger partial charge in [-0.1, -0.05) is 6.07 Å². The van der Waals surface area contributed by atoms with Crippen LogP contribution in [0.15, 0.2) is 18.2 Å². The molecule has 1 rings (SSSR count). The second-order valence-electron chi connectivity index (χ2n) is 5.13. The van der Waals surface area contributed by atoms with Crippen LogP contribution in [-0.2, 0) is 16.4 Å². The van der Waals surface area contributed by atoms with E-state index >= 15 is 0 Å². The number of phenolic OH excluding ortho intramolecular Hbond substituents is 1. The van der Waals surface area contributed by atoms with Gasteiger partial charge in [0.2, 0.25) is 0 Å². The number of hydrogen-bond acceptors (Lipinski definition) is 5. The number of sulfone groups is 1. The van der Waals surface area contributed by atoms with Crippen molar-refractivity contribution in [3.63, 3.8) is 0 Å². The van der Waals surface area contributed by atoms with E-state index in [2.05, 4.69) is 5.32 Å². The summed E-state index contributed by atoms with van der Waals surface area (Å²) in [4.78, 5) is 0. The molecule has 0 aliphatic carbocycles. The Morgan fingerprint density at radius 1 is 1.37 bits per heavy atom. The third-order valence-corrected chi connectivity index (χ3v) is 5.31. The van der Waals surface area contributed by atoms with Gasteiger partial charge in [-0.15, -0.1) is 0 Å². The number of benzene rings is 1. The maximum absolute atomic E-state index is 11.5. The molecule has 0 saturated carbocycles. The summed E-state index contributed by atoms with van der Waals surface area (Å²) >= 11 is 0. The van der Waals surface area contributed by atoms with Crippen LogP contribution < -0.4 is 10.1 Å². The van der Waals surface area contributed by atoms with Crippen LogP contribution >= 0.6 is 0 Å². The molecule has 0 radical (unpaired) electrons. The molecule has 0 bridgehead atoms. The van der Waals surface area contributed by atoms with E-state index < -0.39 is 14.6 Å². The minimum Gasteiger partial charge on any atom is -0.507 e. The zero-order chi connectivity index (χ0) is 14.7. The summed E-state index contributed by atoms with van der Waals surface area (Å²) in [5.41, 5.74) is 0.699. The van der Waals surface area contributed by atoms with Crippen LogP contribution in [0, 0.1) is 0 Å². The largest absolute Gasteiger partial charge is 0.507 e. The number of ether oxygens (including phenoxy) is 1. The lowest BCUT2D eigenvalue weighted by molar-refractivity contribution is 0.405. The van der Waals surface area contributed by atoms with E-state index in [-0.39, 0.29) is 5.75 Å². The van der Waals surface area contributed by atoms with E-state index in [0.717, 1.165) is 0 Å². The molecule has 0 amide bonds. The van der Waals surface area contributed by atoms with E-state index in [1.807, 2.05) is 0 Å². The molecule has 1 aromatic carbocycles. The van der Waals surface area contributed by atoms with Crippen LogP contribution in [0.1, 0.15) is 19.4 Å². The van der Waals surface area contributed by atoms with Gasteiger partial charge in [0.1, 0.15) is 11.5 Å². The molecule has 0 saturated heterocycles. The van der Waals surface area contributed by atoms with Crippen molar-refractivity contribution in [1.82, 2.24) is 5.32 Å². The molecule has 2 N–H and O–H groups in total. The van der Waals surface area contributed by atoms with Crippen molar-refractivity contribution in [3.05, 3.63) is 23.8 Å². The van der Waals surface area contributed by atoms with Gasteiger partial charge in [0.25, 0.3) is 0 Å². The van der Waals surface area contributed by atoms with Gasteiger partial charge >= 0.3 is 0 Å². The number of nitrogens with one attached hydrogen (secondary N) is 1. The Kier molecular flexibility index (Phi) is 4.81. The molecule has 0 aromatic heterocycles. The molecule has 0 fully saturated rings. The lowest BCUT2D eigenvalue weighted by atomic mass is 10.1. The van der Waals surface area contributed by atoms with Crippen LogP contribution in [0.4, 0.5) is 0 Å². The number of hydrogen-bond donors (Lipinski definition) is 2. The average Bonchev–Trinajstić information content (AvgIpc) is 2.29. The summed E-state index contributed by atoms with van der Waals surface area (Å²) in [6.07, 6.45) is 1.22. The van der Waals surface area contributed by atoms with Crippen molar-refractivity contribution in [2.75, 3.05) is 19.9 Å². The van der Waals surface area contributed by atoms with E-state index in [0.29, 0.717) is 24.4 Å². The van der Waals surface area contributed by atoms with E-state index in [1.165, 1.54) is 19.4 Å². The average molecular weight is 287 g/mol. The SMILES string of the molecule is COc1ccc(CNCC(C)(C)S(C)(=O)=O)c(O)c1. The summed E-state index contributed by atoms with van der Waals surface area (Å²) in [7, 11) is -1.59. The highest BCUT2D eigenvalue weighted by atomic mass is 32.2. The lowest BCUT2D eigenvalue weighted by Crippen LogP contribution is -2.41. The standard InChI is InChI=1S/C13H21NO4S/c1-13(2,19(4,16)17)9-14-8-10-5-6-11(18-3)7-12(10)15/h5-7,14-15H,8-9H2,1-4H3. The van der Waals surface area contributed by atoms with Gasteiger partial charge in [0, 0.05) is 31.0 Å². The van der Waals surface area contributed by atoms with Gasteiger partial charge < -0.3 is 15.2 Å². The molecule has 19 heavy (non-hydrogen) atoms. The molecule has 0 aliphatic heterocycles. The predicted octanol–water partition coefficient (Wildman–Crippen LogP) is 1.31. The molecule has 5 nitrogen and oxygen atoms in total. The molecular weight excluding hydrogens is 266 g/mol. The molecule has 0 aliphatic rings. The monoisotopic (exact) mass is 287 g/mol. The minimum absolute atomic E-state index is 0.129. The third kappa shape index (κ3) is 4.11. The highest BCUT2D eigenvalue weighted by Gasteiger charge is 2.29. The van der Waals surface area contributed by atoms with Crippen LogP contribution in [0.3, 0.4) is 0 Å². The fourth-order valence-corrected chi connectivity index (χ4v) is 1.81. The summed E-state index contributed by atoms with van der Waals surface area (Å²) in [5, 5.41) is 12.8. The van der Waals surface area contributed by atoms with Gasteiger partial charge in [0.05, 0.1) is 11.9 Å². The fourth-order valence-electron chi connectivity index (χ4n) is 1.45. The van der Waals surface area contributed by atoms with Gasteiger partial charge in [-0.3, -0.25) is 0 Å². The first-order valence-corrected chi connectivity index (χ1v) is 7.83. The van der Waals surface area contributed by atoms with Crippen molar-refractivity contribution < 1.29 is 18.3 Å². The van der Waals surface area contributed by atoms with Gasteiger partial charge in [0.15, 0.2) is 9.84 Å². The molecule has 0 atom stereocenters. The minimum atomic E-state index is -3.12. The topological polar surface area (TPSA) is 75.6 Å². The second kappa shape index (κ2) is 5.79. The lowest BCUT2D eigenvalue weighted by Gasteiger charge is -2.23. The molecule has 0 spiro atoms. The third-order valence-electron chi connectivity index (χ3n) is 3.16. The summed E-state index contributed by atoms with van der Waals surface area (Å²) < 4.78 is 27.2. The first-order chi connectivity index (χ1) is 8.67. The van der Waals surface area contributed by atoms with Gasteiger partial charge in [-0.05, 0) is 19.9 Å². The molecule has 1 aromatic rings. The maximum atomic E-state index is 11.5. The zero-order valence-corrected chi connectivity index (χ0v) is 12.5. The Morgan fingerprint density at radius 2 is 2.00 bits per heavy atom. The quantitative estimate of drug-likeness (QED) is 0.825. The molecule has 108 valence electrons. The van der Waals surface area contributed by atoms with E-state index in [4.69, 9.17) is 4.74 Å². The highest BCUT2D eigenvalue weighted by molar-refractivity contribution is 7.92. The first kappa shape index (κ1) is 15.8. The van der Waals surface area contributed by atoms with Crippen LogP contribution in [0.2, 0.25) is 0 Å². The smallest absolute Gasteiger partial charge is 0.153 e. The number of phenols is 1. The molecule has 6 heteroatoms. The zero-order valence-electron chi connectivity index (χ0n) is 11.7. The van der Waals surface area contributed by atoms with Crippen molar-refractivity contribution in [1.29, 1.82) is 0 Å². The van der Waals surface area contributed by atoms with Crippen LogP contribution in [0.25, 0.3) is 0 Å². The summed E-state index contributed by atoms with van der Waals surface area (Å²) in [5.74, 6) is 0.710. The predicted molar refractivity (Wildman–Crippen MR) is 75.3 cm³/mol. The summed E-state index contributed by atoms with van der Waals surface area (Å²) in [6.45, 7) is 4.05. The molecular formula is C13H21NO4S. The van der Waals surface area contributed by atoms with Crippen LogP contribution in [0.5, 0.6) is 11.5 Å². The molecule has 0 unspecified atom stereocenters. The maximum Gasteiger partial charge on any atom is 0.153 e. The number of methoxy groups -OCH3 is 1. The number of aromatic hydroxyl groups is 1. The Labute approximate surface area is 114 Å². The van der Waals surface area contributed by atoms with Gasteiger partial charge in [-0.25, -0.2) is 8.42 Å². The van der Waals surface area contributed by atoms with Crippen molar-refractivity contribution in [3.8, 4) is 11.5 Å². The van der Waals surface area contributed by atoms with E-state index in [1.54, 1.807) is 26.0 Å². The normalized spacial score (nSPS) is 12.4. The molecule has 0 heterocycles. The van der Waals surface area contributed by atoms with E-state index in [9.17, 15) is 13.5 Å². The Hall–Kier alpha value is -1.27. The second-order valence-corrected chi connectivity index (χ2v) is 7.78. The van der Waals surface area contributed by atoms with Gasteiger partial charge in [-0.2, -0.15) is 0 Å². The number of rotatable bonds is 6. The van der Waals surface area contributed by atoms with Crippen molar-refractivity contribution >= 4 is 9.84 Å². The summed E-state index contributed by atoms with van der Waals surface area (Å²) in [6, 6.07) is 5.02. The van der Waals surface area contributed by atoms with Crippen molar-refractivity contribution in [2.24, 2.45) is 0 Å². The van der Waals surface area contributed by atoms with Crippen LogP contribution in [-0.4, -0.2) is 38.2 Å². The Balaban J connectivity index is 2.64. The Morgan fingerprint density at radius 3 is 2.47 bits per heavy atom. The first-order valence-electron chi connectivity index (χ1n) is 5.93. The highest BCUT2D eigenvalue weighted by Crippen LogP contribution is 2.23. The Bertz CT molecular complexity index is 538. The van der Waals surface area contributed by atoms with Crippen molar-refractivity contribution in [2.45, 2.75) is 25.1 Å².